The van der Waals surface area contributed by atoms with E-state index in [1.54, 1.807) is 35.5 Å². The van der Waals surface area contributed by atoms with Crippen LogP contribution >= 0.6 is 0 Å². The molecule has 1 aliphatic heterocycles. The number of phenols is 1. The molecule has 0 saturated carbocycles. The normalized spacial score (nSPS) is 14.6. The van der Waals surface area contributed by atoms with E-state index in [0.717, 1.165) is 18.8 Å². The number of aromatic hydroxyl groups is 1. The van der Waals surface area contributed by atoms with E-state index in [0.29, 0.717) is 18.8 Å². The van der Waals surface area contributed by atoms with Gasteiger partial charge in [0.1, 0.15) is 0 Å². The van der Waals surface area contributed by atoms with Crippen LogP contribution < -0.4 is 9.64 Å². The van der Waals surface area contributed by atoms with Gasteiger partial charge in [-0.3, -0.25) is 9.78 Å². The van der Waals surface area contributed by atoms with Crippen molar-refractivity contribution in [3.05, 3.63) is 48.8 Å². The maximum absolute atomic E-state index is 12.2. The van der Waals surface area contributed by atoms with Crippen molar-refractivity contribution in [2.24, 2.45) is 0 Å². The van der Waals surface area contributed by atoms with Gasteiger partial charge in [-0.1, -0.05) is 12.1 Å². The van der Waals surface area contributed by atoms with Crippen molar-refractivity contribution in [2.45, 2.75) is 0 Å². The van der Waals surface area contributed by atoms with Gasteiger partial charge in [-0.05, 0) is 24.3 Å². The molecule has 0 aliphatic carbocycles. The largest absolute Gasteiger partial charge is 0.504 e. The van der Waals surface area contributed by atoms with Crippen LogP contribution in [0.1, 0.15) is 0 Å². The zero-order valence-corrected chi connectivity index (χ0v) is 12.8. The summed E-state index contributed by atoms with van der Waals surface area (Å²) in [5, 5.41) is 9.63. The third-order valence-corrected chi connectivity index (χ3v) is 3.88. The summed E-state index contributed by atoms with van der Waals surface area (Å²) < 4.78 is 5.40. The summed E-state index contributed by atoms with van der Waals surface area (Å²) in [5.74, 6) is 0.307. The maximum atomic E-state index is 12.2. The Morgan fingerprint density at radius 3 is 2.48 bits per heavy atom. The van der Waals surface area contributed by atoms with Crippen LogP contribution in [0.4, 0.5) is 5.69 Å². The molecule has 0 radical (unpaired) electrons. The van der Waals surface area contributed by atoms with E-state index in [1.165, 1.54) is 6.07 Å². The molecular formula is C17H19N3O3. The number of amides is 1. The molecule has 1 aliphatic rings. The van der Waals surface area contributed by atoms with Crippen LogP contribution in [0.3, 0.4) is 0 Å². The lowest BCUT2D eigenvalue weighted by Crippen LogP contribution is -2.50. The molecule has 2 aromatic rings. The highest BCUT2D eigenvalue weighted by molar-refractivity contribution is 5.78. The van der Waals surface area contributed by atoms with E-state index in [9.17, 15) is 9.90 Å². The van der Waals surface area contributed by atoms with Gasteiger partial charge in [0.2, 0.25) is 0 Å². The molecule has 1 N–H and O–H groups in total. The van der Waals surface area contributed by atoms with E-state index >= 15 is 0 Å². The van der Waals surface area contributed by atoms with Crippen molar-refractivity contribution in [1.29, 1.82) is 0 Å². The van der Waals surface area contributed by atoms with Gasteiger partial charge in [0.15, 0.2) is 18.1 Å². The second kappa shape index (κ2) is 7.00. The number of anilines is 1. The molecule has 2 heterocycles. The highest BCUT2D eigenvalue weighted by atomic mass is 16.5. The van der Waals surface area contributed by atoms with Gasteiger partial charge in [-0.25, -0.2) is 0 Å². The molecule has 1 fully saturated rings. The molecule has 0 unspecified atom stereocenters. The van der Waals surface area contributed by atoms with Gasteiger partial charge < -0.3 is 19.6 Å². The predicted molar refractivity (Wildman–Crippen MR) is 86.6 cm³/mol. The third-order valence-electron chi connectivity index (χ3n) is 3.88. The summed E-state index contributed by atoms with van der Waals surface area (Å²) in [5.41, 5.74) is 1.12. The first-order chi connectivity index (χ1) is 11.2. The maximum Gasteiger partial charge on any atom is 0.260 e. The molecule has 120 valence electrons. The number of phenolic OH excluding ortho intramolecular Hbond substituents is 1. The molecule has 1 aromatic heterocycles. The molecule has 1 amide bonds. The van der Waals surface area contributed by atoms with Gasteiger partial charge in [0.25, 0.3) is 5.91 Å². The van der Waals surface area contributed by atoms with E-state index in [-0.39, 0.29) is 18.3 Å². The van der Waals surface area contributed by atoms with Gasteiger partial charge in [0, 0.05) is 44.3 Å². The monoisotopic (exact) mass is 313 g/mol. The van der Waals surface area contributed by atoms with Crippen molar-refractivity contribution in [2.75, 3.05) is 37.7 Å². The summed E-state index contributed by atoms with van der Waals surface area (Å²) in [6.07, 6.45) is 3.54. The summed E-state index contributed by atoms with van der Waals surface area (Å²) in [6.45, 7) is 2.82. The lowest BCUT2D eigenvalue weighted by molar-refractivity contribution is -0.133. The fourth-order valence-corrected chi connectivity index (χ4v) is 2.58. The van der Waals surface area contributed by atoms with Crippen molar-refractivity contribution in [3.63, 3.8) is 0 Å². The Kier molecular flexibility index (Phi) is 4.61. The third kappa shape index (κ3) is 3.71. The summed E-state index contributed by atoms with van der Waals surface area (Å²) in [4.78, 5) is 20.3. The van der Waals surface area contributed by atoms with E-state index in [1.807, 2.05) is 12.1 Å². The molecule has 3 rings (SSSR count). The number of nitrogens with zero attached hydrogens (tertiary/aromatic N) is 3. The lowest BCUT2D eigenvalue weighted by atomic mass is 10.2. The highest BCUT2D eigenvalue weighted by Crippen LogP contribution is 2.24. The van der Waals surface area contributed by atoms with Crippen LogP contribution in [0, 0.1) is 0 Å². The Hall–Kier alpha value is -2.76. The van der Waals surface area contributed by atoms with Crippen LogP contribution in [0.2, 0.25) is 0 Å². The number of hydrogen-bond acceptors (Lipinski definition) is 5. The number of carbonyl (C=O) groups excluding carboxylic acids is 1. The summed E-state index contributed by atoms with van der Waals surface area (Å²) >= 11 is 0. The van der Waals surface area contributed by atoms with E-state index in [4.69, 9.17) is 4.74 Å². The quantitative estimate of drug-likeness (QED) is 0.927. The minimum atomic E-state index is -0.0670. The predicted octanol–water partition coefficient (Wildman–Crippen LogP) is 1.51. The number of rotatable bonds is 4. The molecule has 1 saturated heterocycles. The van der Waals surface area contributed by atoms with Crippen LogP contribution in [-0.4, -0.2) is 53.7 Å². The number of carbonyl (C=O) groups is 1. The average Bonchev–Trinajstić information content (AvgIpc) is 2.62. The Morgan fingerprint density at radius 1 is 1.09 bits per heavy atom. The van der Waals surface area contributed by atoms with Crippen LogP contribution in [0.15, 0.2) is 48.8 Å². The molecule has 6 heteroatoms. The number of aromatic nitrogens is 1. The van der Waals surface area contributed by atoms with Gasteiger partial charge >= 0.3 is 0 Å². The lowest BCUT2D eigenvalue weighted by Gasteiger charge is -2.36. The Balaban J connectivity index is 1.50. The second-order valence-electron chi connectivity index (χ2n) is 5.33. The first-order valence-corrected chi connectivity index (χ1v) is 7.57. The van der Waals surface area contributed by atoms with Crippen molar-refractivity contribution in [3.8, 4) is 11.5 Å². The summed E-state index contributed by atoms with van der Waals surface area (Å²) in [6, 6.07) is 10.6. The standard InChI is InChI=1S/C17H19N3O3/c21-15-3-1-2-4-16(15)23-13-17(22)20-11-9-19(10-12-20)14-5-7-18-8-6-14/h1-8,21H,9-13H2. The second-order valence-corrected chi connectivity index (χ2v) is 5.33. The molecule has 0 spiro atoms. The highest BCUT2D eigenvalue weighted by Gasteiger charge is 2.21. The smallest absolute Gasteiger partial charge is 0.260 e. The van der Waals surface area contributed by atoms with Crippen molar-refractivity contribution in [1.82, 2.24) is 9.88 Å². The Bertz CT molecular complexity index is 655. The molecule has 0 bridgehead atoms. The fourth-order valence-electron chi connectivity index (χ4n) is 2.58. The van der Waals surface area contributed by atoms with Gasteiger partial charge in [-0.15, -0.1) is 0 Å². The molecule has 6 nitrogen and oxygen atoms in total. The van der Waals surface area contributed by atoms with Gasteiger partial charge in [0.05, 0.1) is 0 Å². The van der Waals surface area contributed by atoms with E-state index < -0.39 is 0 Å². The fraction of sp³-hybridized carbons (Fsp3) is 0.294. The van der Waals surface area contributed by atoms with Crippen molar-refractivity contribution >= 4 is 11.6 Å². The molecular weight excluding hydrogens is 294 g/mol. The van der Waals surface area contributed by atoms with Gasteiger partial charge in [-0.2, -0.15) is 0 Å². The topological polar surface area (TPSA) is 65.9 Å². The number of piperazine rings is 1. The number of benzene rings is 1. The minimum absolute atomic E-state index is 0.0443. The van der Waals surface area contributed by atoms with Crippen LogP contribution in [0.5, 0.6) is 11.5 Å². The molecule has 1 aromatic carbocycles. The molecule has 0 atom stereocenters. The first-order valence-electron chi connectivity index (χ1n) is 7.57. The zero-order chi connectivity index (χ0) is 16.1. The SMILES string of the molecule is O=C(COc1ccccc1O)N1CCN(c2ccncc2)CC1. The average molecular weight is 313 g/mol. The Morgan fingerprint density at radius 2 is 1.78 bits per heavy atom. The number of para-hydroxylation sites is 2. The zero-order valence-electron chi connectivity index (χ0n) is 12.8. The number of ether oxygens (including phenoxy) is 1. The molecule has 23 heavy (non-hydrogen) atoms. The van der Waals surface area contributed by atoms with Crippen LogP contribution in [-0.2, 0) is 4.79 Å². The van der Waals surface area contributed by atoms with Crippen molar-refractivity contribution < 1.29 is 14.6 Å². The van der Waals surface area contributed by atoms with E-state index in [2.05, 4.69) is 9.88 Å². The number of hydrogen-bond donors (Lipinski definition) is 1. The minimum Gasteiger partial charge on any atom is -0.504 e. The number of pyridine rings is 1. The van der Waals surface area contributed by atoms with Crippen LogP contribution in [0.25, 0.3) is 0 Å². The summed E-state index contributed by atoms with van der Waals surface area (Å²) in [7, 11) is 0. The Labute approximate surface area is 134 Å². The first kappa shape index (κ1) is 15.1.